The van der Waals surface area contributed by atoms with Crippen molar-refractivity contribution >= 4 is 0 Å². The molecule has 0 spiro atoms. The molecule has 0 heterocycles. The molecule has 111 valence electrons. The van der Waals surface area contributed by atoms with Crippen LogP contribution in [0.25, 0.3) is 0 Å². The summed E-state index contributed by atoms with van der Waals surface area (Å²) in [4.78, 5) is 0. The minimum atomic E-state index is 0. The normalized spacial score (nSPS) is 8.73. The Balaban J connectivity index is 0.00000147. The van der Waals surface area contributed by atoms with Gasteiger partial charge < -0.3 is 24.8 Å². The molecule has 0 saturated heterocycles. The fourth-order valence-electron chi connectivity index (χ4n) is 2.31. The maximum absolute atomic E-state index is 2.16. The second-order valence-electron chi connectivity index (χ2n) is 4.47. The quantitative estimate of drug-likeness (QED) is 0.401. The van der Waals surface area contributed by atoms with Crippen molar-refractivity contribution in [2.75, 3.05) is 0 Å². The van der Waals surface area contributed by atoms with E-state index in [0.29, 0.717) is 0 Å². The number of benzene rings is 3. The Bertz CT molecular complexity index is 533. The summed E-state index contributed by atoms with van der Waals surface area (Å²) in [5.41, 5.74) is 3.75. The van der Waals surface area contributed by atoms with Gasteiger partial charge in [0.1, 0.15) is 0 Å². The van der Waals surface area contributed by atoms with Crippen LogP contribution in [0.3, 0.4) is 0 Å². The van der Waals surface area contributed by atoms with Crippen LogP contribution in [0, 0.1) is 5.92 Å². The van der Waals surface area contributed by atoms with Crippen molar-refractivity contribution in [1.82, 2.24) is 0 Å². The van der Waals surface area contributed by atoms with Gasteiger partial charge >= 0.3 is 18.6 Å². The summed E-state index contributed by atoms with van der Waals surface area (Å²) >= 11 is 0. The van der Waals surface area contributed by atoms with Gasteiger partial charge in [-0.15, -0.1) is 0 Å². The van der Waals surface area contributed by atoms with E-state index in [-0.39, 0.29) is 43.4 Å². The van der Waals surface area contributed by atoms with Crippen LogP contribution in [0.5, 0.6) is 0 Å². The summed E-state index contributed by atoms with van der Waals surface area (Å²) < 4.78 is 0. The molecule has 3 rings (SSSR count). The molecule has 1 radical (unpaired) electrons. The summed E-state index contributed by atoms with van der Waals surface area (Å²) in [6.45, 7) is 0. The van der Waals surface area contributed by atoms with Gasteiger partial charge in [0.25, 0.3) is 0 Å². The van der Waals surface area contributed by atoms with Crippen molar-refractivity contribution < 1.29 is 43.4 Å². The molecule has 3 aromatic carbocycles. The molecule has 0 amide bonds. The molecule has 0 aromatic heterocycles. The first-order valence-electron chi connectivity index (χ1n) is 6.48. The molecule has 0 aliphatic carbocycles. The summed E-state index contributed by atoms with van der Waals surface area (Å²) in [7, 11) is 0. The van der Waals surface area contributed by atoms with E-state index in [4.69, 9.17) is 0 Å². The van der Waals surface area contributed by atoms with Crippen LogP contribution < -0.4 is 24.8 Å². The topological polar surface area (TPSA) is 0 Å². The van der Waals surface area contributed by atoms with Gasteiger partial charge in [0.05, 0.1) is 0 Å². The monoisotopic (exact) mass is 364 g/mol. The Kier molecular flexibility index (Phi) is 9.81. The predicted molar refractivity (Wildman–Crippen MR) is 79.9 cm³/mol. The molecule has 0 aliphatic heterocycles. The summed E-state index contributed by atoms with van der Waals surface area (Å²) in [5.74, 6) is 1.28. The predicted octanol–water partition coefficient (Wildman–Crippen LogP) is -1.29. The summed E-state index contributed by atoms with van der Waals surface area (Å²) in [6.07, 6.45) is 0. The Labute approximate surface area is 156 Å². The van der Waals surface area contributed by atoms with E-state index in [1.807, 2.05) is 0 Å². The van der Waals surface area contributed by atoms with E-state index in [1.54, 1.807) is 0 Å². The first kappa shape index (κ1) is 20.7. The maximum Gasteiger partial charge on any atom is 2.00 e. The van der Waals surface area contributed by atoms with Gasteiger partial charge in [-0.05, 0) is 0 Å². The second-order valence-corrected chi connectivity index (χ2v) is 4.47. The largest absolute Gasteiger partial charge is 2.00 e. The van der Waals surface area contributed by atoms with E-state index in [2.05, 4.69) is 91.0 Å². The van der Waals surface area contributed by atoms with Crippen LogP contribution in [-0.2, 0) is 18.6 Å². The number of hydrogen-bond acceptors (Lipinski definition) is 0. The van der Waals surface area contributed by atoms with Crippen molar-refractivity contribution in [2.45, 2.75) is 0 Å². The SMILES string of the molecule is [Cl-].[Cl-].[V+2].c1ccc([C-](c2ccccc2)c2ccccc2)cc1. The van der Waals surface area contributed by atoms with Crippen molar-refractivity contribution in [3.05, 3.63) is 114 Å². The fourth-order valence-corrected chi connectivity index (χ4v) is 2.31. The van der Waals surface area contributed by atoms with E-state index in [1.165, 1.54) is 22.6 Å². The van der Waals surface area contributed by atoms with E-state index < -0.39 is 0 Å². The van der Waals surface area contributed by atoms with Crippen molar-refractivity contribution in [2.24, 2.45) is 0 Å². The Morgan fingerprint density at radius 2 is 0.636 bits per heavy atom. The van der Waals surface area contributed by atoms with E-state index >= 15 is 0 Å². The van der Waals surface area contributed by atoms with E-state index in [9.17, 15) is 0 Å². The smallest absolute Gasteiger partial charge is 1.00 e. The Hall–Kier alpha value is -1.31. The van der Waals surface area contributed by atoms with E-state index in [0.717, 1.165) is 0 Å². The fraction of sp³-hybridized carbons (Fsp3) is 0. The van der Waals surface area contributed by atoms with Gasteiger partial charge in [0.15, 0.2) is 0 Å². The number of halogens is 2. The average molecular weight is 365 g/mol. The van der Waals surface area contributed by atoms with Gasteiger partial charge in [-0.2, -0.15) is 0 Å². The van der Waals surface area contributed by atoms with Crippen LogP contribution in [0.15, 0.2) is 91.0 Å². The molecule has 0 atom stereocenters. The Morgan fingerprint density at radius 1 is 0.409 bits per heavy atom. The minimum absolute atomic E-state index is 0. The molecular formula is C19H15Cl2V-. The Morgan fingerprint density at radius 3 is 0.864 bits per heavy atom. The second kappa shape index (κ2) is 10.4. The third kappa shape index (κ3) is 4.86. The van der Waals surface area contributed by atoms with Crippen LogP contribution in [0.2, 0.25) is 0 Å². The molecule has 0 nitrogen and oxygen atoms in total. The average Bonchev–Trinajstić information content (AvgIpc) is 2.51. The van der Waals surface area contributed by atoms with Gasteiger partial charge in [-0.25, -0.2) is 0 Å². The zero-order valence-electron chi connectivity index (χ0n) is 11.9. The molecule has 22 heavy (non-hydrogen) atoms. The molecule has 0 bridgehead atoms. The molecule has 3 aromatic rings. The van der Waals surface area contributed by atoms with Gasteiger partial charge in [-0.1, -0.05) is 114 Å². The third-order valence-electron chi connectivity index (χ3n) is 3.19. The standard InChI is InChI=1S/C19H15.2ClH.V/c1-4-10-16(11-5-1)19(17-12-6-2-7-13-17)18-14-8-3-9-15-18;;;/h1-15H;2*1H;/q-1;;;+2/p-2. The maximum atomic E-state index is 2.16. The number of hydrogen-bond donors (Lipinski definition) is 0. The summed E-state index contributed by atoms with van der Waals surface area (Å²) in [6, 6.07) is 31.6. The van der Waals surface area contributed by atoms with Crippen molar-refractivity contribution in [1.29, 1.82) is 0 Å². The molecule has 0 unspecified atom stereocenters. The molecule has 0 saturated carbocycles. The first-order valence-corrected chi connectivity index (χ1v) is 6.48. The van der Waals surface area contributed by atoms with Crippen LogP contribution >= 0.6 is 0 Å². The first-order chi connectivity index (χ1) is 9.45. The minimum Gasteiger partial charge on any atom is -1.00 e. The van der Waals surface area contributed by atoms with Gasteiger partial charge in [0.2, 0.25) is 0 Å². The summed E-state index contributed by atoms with van der Waals surface area (Å²) in [5, 5.41) is 0. The molecular weight excluding hydrogens is 350 g/mol. The van der Waals surface area contributed by atoms with Crippen LogP contribution in [0.1, 0.15) is 16.7 Å². The number of rotatable bonds is 3. The zero-order valence-corrected chi connectivity index (χ0v) is 14.8. The van der Waals surface area contributed by atoms with Crippen molar-refractivity contribution in [3.63, 3.8) is 0 Å². The van der Waals surface area contributed by atoms with Crippen LogP contribution in [0.4, 0.5) is 0 Å². The van der Waals surface area contributed by atoms with Crippen molar-refractivity contribution in [3.8, 4) is 0 Å². The van der Waals surface area contributed by atoms with Gasteiger partial charge in [0, 0.05) is 0 Å². The molecule has 0 aliphatic rings. The molecule has 0 N–H and O–H groups in total. The third-order valence-corrected chi connectivity index (χ3v) is 3.19. The van der Waals surface area contributed by atoms with Gasteiger partial charge in [-0.3, -0.25) is 0 Å². The molecule has 0 fully saturated rings. The molecule has 3 heteroatoms. The zero-order chi connectivity index (χ0) is 12.9. The van der Waals surface area contributed by atoms with Crippen LogP contribution in [-0.4, -0.2) is 0 Å².